The van der Waals surface area contributed by atoms with E-state index in [9.17, 15) is 0 Å². The van der Waals surface area contributed by atoms with Crippen molar-refractivity contribution in [2.24, 2.45) is 11.8 Å². The van der Waals surface area contributed by atoms with Crippen LogP contribution < -0.4 is 5.32 Å². The third-order valence-electron chi connectivity index (χ3n) is 4.99. The highest BCUT2D eigenvalue weighted by molar-refractivity contribution is 9.10. The van der Waals surface area contributed by atoms with Gasteiger partial charge in [0.1, 0.15) is 0 Å². The SMILES string of the molecule is CC(Cc1ccc(Br)cc1)N1CC2CNCC2C1C. The number of likely N-dealkylation sites (tertiary alicyclic amines) is 1. The van der Waals surface area contributed by atoms with E-state index in [1.807, 2.05) is 0 Å². The maximum atomic E-state index is 3.54. The fraction of sp³-hybridized carbons (Fsp3) is 0.625. The minimum Gasteiger partial charge on any atom is -0.316 e. The van der Waals surface area contributed by atoms with Crippen molar-refractivity contribution in [2.45, 2.75) is 32.4 Å². The van der Waals surface area contributed by atoms with Gasteiger partial charge in [0.15, 0.2) is 0 Å². The molecule has 0 spiro atoms. The lowest BCUT2D eigenvalue weighted by Crippen LogP contribution is -2.40. The second kappa shape index (κ2) is 5.55. The molecule has 1 aromatic carbocycles. The quantitative estimate of drug-likeness (QED) is 0.920. The number of nitrogens with zero attached hydrogens (tertiary/aromatic N) is 1. The summed E-state index contributed by atoms with van der Waals surface area (Å²) in [5.74, 6) is 1.75. The molecule has 19 heavy (non-hydrogen) atoms. The zero-order chi connectivity index (χ0) is 13.4. The van der Waals surface area contributed by atoms with Gasteiger partial charge in [0.25, 0.3) is 0 Å². The third kappa shape index (κ3) is 2.74. The molecule has 0 aliphatic carbocycles. The van der Waals surface area contributed by atoms with Gasteiger partial charge >= 0.3 is 0 Å². The Morgan fingerprint density at radius 3 is 2.74 bits per heavy atom. The summed E-state index contributed by atoms with van der Waals surface area (Å²) in [6, 6.07) is 10.1. The third-order valence-corrected chi connectivity index (χ3v) is 5.52. The van der Waals surface area contributed by atoms with E-state index < -0.39 is 0 Å². The van der Waals surface area contributed by atoms with Gasteiger partial charge in [-0.25, -0.2) is 0 Å². The van der Waals surface area contributed by atoms with E-state index in [0.29, 0.717) is 6.04 Å². The van der Waals surface area contributed by atoms with Gasteiger partial charge in [-0.3, -0.25) is 4.90 Å². The first-order valence-electron chi connectivity index (χ1n) is 7.36. The summed E-state index contributed by atoms with van der Waals surface area (Å²) in [6.45, 7) is 8.50. The second-order valence-corrected chi connectivity index (χ2v) is 7.11. The molecule has 1 aromatic rings. The lowest BCUT2D eigenvalue weighted by Gasteiger charge is -2.30. The van der Waals surface area contributed by atoms with Gasteiger partial charge in [0.2, 0.25) is 0 Å². The Kier molecular flexibility index (Phi) is 3.97. The minimum absolute atomic E-state index is 0.641. The van der Waals surface area contributed by atoms with Gasteiger partial charge < -0.3 is 5.32 Å². The molecule has 4 atom stereocenters. The predicted molar refractivity (Wildman–Crippen MR) is 83.3 cm³/mol. The number of benzene rings is 1. The van der Waals surface area contributed by atoms with Crippen LogP contribution in [0.15, 0.2) is 28.7 Å². The van der Waals surface area contributed by atoms with E-state index in [0.717, 1.165) is 24.3 Å². The Morgan fingerprint density at radius 2 is 2.05 bits per heavy atom. The van der Waals surface area contributed by atoms with E-state index in [1.165, 1.54) is 29.7 Å². The van der Waals surface area contributed by atoms with Crippen LogP contribution in [0.2, 0.25) is 0 Å². The van der Waals surface area contributed by atoms with E-state index in [4.69, 9.17) is 0 Å². The van der Waals surface area contributed by atoms with Crippen LogP contribution in [-0.2, 0) is 6.42 Å². The average Bonchev–Trinajstić information content (AvgIpc) is 2.96. The van der Waals surface area contributed by atoms with E-state index in [1.54, 1.807) is 0 Å². The van der Waals surface area contributed by atoms with Crippen LogP contribution >= 0.6 is 15.9 Å². The molecule has 0 aromatic heterocycles. The Balaban J connectivity index is 1.64. The summed E-state index contributed by atoms with van der Waals surface area (Å²) in [5.41, 5.74) is 1.44. The predicted octanol–water partition coefficient (Wildman–Crippen LogP) is 2.92. The van der Waals surface area contributed by atoms with E-state index in [2.05, 4.69) is 64.3 Å². The van der Waals surface area contributed by atoms with Crippen LogP contribution in [0.1, 0.15) is 19.4 Å². The molecule has 104 valence electrons. The molecule has 2 saturated heterocycles. The Hall–Kier alpha value is -0.380. The van der Waals surface area contributed by atoms with Gasteiger partial charge in [-0.05, 0) is 62.9 Å². The van der Waals surface area contributed by atoms with Crippen molar-refractivity contribution in [2.75, 3.05) is 19.6 Å². The molecule has 2 aliphatic rings. The van der Waals surface area contributed by atoms with Crippen molar-refractivity contribution in [3.05, 3.63) is 34.3 Å². The molecule has 3 rings (SSSR count). The molecule has 0 bridgehead atoms. The van der Waals surface area contributed by atoms with Crippen molar-refractivity contribution in [3.8, 4) is 0 Å². The number of nitrogens with one attached hydrogen (secondary N) is 1. The molecule has 2 heterocycles. The maximum absolute atomic E-state index is 3.54. The number of rotatable bonds is 3. The molecule has 0 radical (unpaired) electrons. The average molecular weight is 323 g/mol. The summed E-state index contributed by atoms with van der Waals surface area (Å²) in [7, 11) is 0. The molecule has 0 saturated carbocycles. The first-order chi connectivity index (χ1) is 9.15. The Morgan fingerprint density at radius 1 is 1.32 bits per heavy atom. The molecule has 1 N–H and O–H groups in total. The van der Waals surface area contributed by atoms with Crippen molar-refractivity contribution in [3.63, 3.8) is 0 Å². The highest BCUT2D eigenvalue weighted by Gasteiger charge is 2.42. The smallest absolute Gasteiger partial charge is 0.0175 e. The zero-order valence-corrected chi connectivity index (χ0v) is 13.4. The first-order valence-corrected chi connectivity index (χ1v) is 8.15. The van der Waals surface area contributed by atoms with Gasteiger partial charge in [0, 0.05) is 23.1 Å². The van der Waals surface area contributed by atoms with Crippen molar-refractivity contribution < 1.29 is 0 Å². The standard InChI is InChI=1S/C16H23BrN2/c1-11(7-13-3-5-15(17)6-4-13)19-10-14-8-18-9-16(14)12(19)2/h3-6,11-12,14,16,18H,7-10H2,1-2H3. The molecule has 0 amide bonds. The van der Waals surface area contributed by atoms with Crippen LogP contribution in [0.3, 0.4) is 0 Å². The normalized spacial score (nSPS) is 32.5. The van der Waals surface area contributed by atoms with Crippen LogP contribution in [-0.4, -0.2) is 36.6 Å². The van der Waals surface area contributed by atoms with Gasteiger partial charge in [-0.1, -0.05) is 28.1 Å². The molecular weight excluding hydrogens is 300 g/mol. The number of hydrogen-bond acceptors (Lipinski definition) is 2. The molecule has 2 fully saturated rings. The van der Waals surface area contributed by atoms with Crippen LogP contribution in [0.5, 0.6) is 0 Å². The lowest BCUT2D eigenvalue weighted by atomic mass is 9.95. The molecule has 2 aliphatic heterocycles. The largest absolute Gasteiger partial charge is 0.316 e. The summed E-state index contributed by atoms with van der Waals surface area (Å²) >= 11 is 3.50. The summed E-state index contributed by atoms with van der Waals surface area (Å²) < 4.78 is 1.17. The van der Waals surface area contributed by atoms with Crippen molar-refractivity contribution in [1.82, 2.24) is 10.2 Å². The van der Waals surface area contributed by atoms with Gasteiger partial charge in [0.05, 0.1) is 0 Å². The monoisotopic (exact) mass is 322 g/mol. The number of hydrogen-bond donors (Lipinski definition) is 1. The van der Waals surface area contributed by atoms with Crippen LogP contribution in [0.25, 0.3) is 0 Å². The summed E-state index contributed by atoms with van der Waals surface area (Å²) in [5, 5.41) is 3.54. The number of fused-ring (bicyclic) bond motifs is 1. The zero-order valence-electron chi connectivity index (χ0n) is 11.8. The van der Waals surface area contributed by atoms with Gasteiger partial charge in [-0.15, -0.1) is 0 Å². The number of halogens is 1. The van der Waals surface area contributed by atoms with Crippen LogP contribution in [0.4, 0.5) is 0 Å². The minimum atomic E-state index is 0.641. The lowest BCUT2D eigenvalue weighted by molar-refractivity contribution is 0.180. The highest BCUT2D eigenvalue weighted by atomic mass is 79.9. The van der Waals surface area contributed by atoms with Crippen LogP contribution in [0, 0.1) is 11.8 Å². The second-order valence-electron chi connectivity index (χ2n) is 6.20. The fourth-order valence-electron chi connectivity index (χ4n) is 3.86. The summed E-state index contributed by atoms with van der Waals surface area (Å²) in [6.07, 6.45) is 1.16. The molecule has 4 unspecified atom stereocenters. The fourth-order valence-corrected chi connectivity index (χ4v) is 4.13. The van der Waals surface area contributed by atoms with E-state index >= 15 is 0 Å². The van der Waals surface area contributed by atoms with Crippen molar-refractivity contribution in [1.29, 1.82) is 0 Å². The highest BCUT2D eigenvalue weighted by Crippen LogP contribution is 2.34. The van der Waals surface area contributed by atoms with Gasteiger partial charge in [-0.2, -0.15) is 0 Å². The van der Waals surface area contributed by atoms with E-state index in [-0.39, 0.29) is 0 Å². The Labute approximate surface area is 124 Å². The molecule has 2 nitrogen and oxygen atoms in total. The first kappa shape index (κ1) is 13.6. The maximum Gasteiger partial charge on any atom is 0.0175 e. The topological polar surface area (TPSA) is 15.3 Å². The van der Waals surface area contributed by atoms with Crippen molar-refractivity contribution >= 4 is 15.9 Å². The molecular formula is C16H23BrN2. The Bertz CT molecular complexity index is 431. The summed E-state index contributed by atoms with van der Waals surface area (Å²) in [4.78, 5) is 2.72. The molecule has 3 heteroatoms.